The van der Waals surface area contributed by atoms with Crippen LogP contribution < -0.4 is 0 Å². The molecule has 18 heavy (non-hydrogen) atoms. The number of hydrogen-bond donors (Lipinski definition) is 0. The van der Waals surface area contributed by atoms with Gasteiger partial charge in [-0.3, -0.25) is 0 Å². The van der Waals surface area contributed by atoms with Crippen molar-refractivity contribution in [2.75, 3.05) is 19.8 Å². The summed E-state index contributed by atoms with van der Waals surface area (Å²) >= 11 is 0. The minimum absolute atomic E-state index is 0.543. The van der Waals surface area contributed by atoms with Gasteiger partial charge in [0.25, 0.3) is 0 Å². The van der Waals surface area contributed by atoms with Gasteiger partial charge in [0.15, 0.2) is 0 Å². The lowest BCUT2D eigenvalue weighted by Crippen LogP contribution is -2.18. The molecule has 1 heterocycles. The Kier molecular flexibility index (Phi) is 9.88. The Morgan fingerprint density at radius 3 is 2.67 bits per heavy atom. The van der Waals surface area contributed by atoms with E-state index in [-0.39, 0.29) is 0 Å². The van der Waals surface area contributed by atoms with E-state index in [4.69, 9.17) is 14.7 Å². The first-order chi connectivity index (χ1) is 8.93. The number of ether oxygens (including phenoxy) is 2. The molecule has 1 saturated heterocycles. The fourth-order valence-electron chi connectivity index (χ4n) is 2.32. The van der Waals surface area contributed by atoms with Crippen LogP contribution in [0.3, 0.4) is 0 Å². The minimum atomic E-state index is 0.543. The van der Waals surface area contributed by atoms with Crippen LogP contribution in [0, 0.1) is 11.3 Å². The highest BCUT2D eigenvalue weighted by atomic mass is 16.5. The minimum Gasteiger partial charge on any atom is -0.381 e. The summed E-state index contributed by atoms with van der Waals surface area (Å²) in [6, 6.07) is 2.13. The lowest BCUT2D eigenvalue weighted by atomic mass is 10.0. The third-order valence-electron chi connectivity index (χ3n) is 3.42. The van der Waals surface area contributed by atoms with Crippen LogP contribution in [0.15, 0.2) is 0 Å². The van der Waals surface area contributed by atoms with Gasteiger partial charge in [0.1, 0.15) is 0 Å². The van der Waals surface area contributed by atoms with Crippen LogP contribution in [0.25, 0.3) is 0 Å². The molecule has 104 valence electrons. The number of rotatable bonds is 10. The highest BCUT2D eigenvalue weighted by molar-refractivity contribution is 4.67. The zero-order chi connectivity index (χ0) is 12.9. The first-order valence-corrected chi connectivity index (χ1v) is 7.50. The Balaban J connectivity index is 1.74. The summed E-state index contributed by atoms with van der Waals surface area (Å²) in [7, 11) is 0. The summed E-state index contributed by atoms with van der Waals surface area (Å²) in [5.41, 5.74) is 0. The molecule has 1 rings (SSSR count). The second kappa shape index (κ2) is 11.5. The number of hydrogen-bond acceptors (Lipinski definition) is 3. The highest BCUT2D eigenvalue weighted by Gasteiger charge is 2.12. The monoisotopic (exact) mass is 253 g/mol. The molecule has 1 aliphatic heterocycles. The van der Waals surface area contributed by atoms with Crippen molar-refractivity contribution in [1.82, 2.24) is 0 Å². The third-order valence-corrected chi connectivity index (χ3v) is 3.42. The average molecular weight is 253 g/mol. The topological polar surface area (TPSA) is 42.2 Å². The normalized spacial score (nSPS) is 19.6. The number of nitrogens with zero attached hydrogens (tertiary/aromatic N) is 1. The fraction of sp³-hybridized carbons (Fsp3) is 0.933. The van der Waals surface area contributed by atoms with Gasteiger partial charge in [0.2, 0.25) is 0 Å². The smallest absolute Gasteiger partial charge is 0.0622 e. The Hall–Kier alpha value is -0.590. The van der Waals surface area contributed by atoms with Gasteiger partial charge in [0.05, 0.1) is 12.2 Å². The predicted molar refractivity (Wildman–Crippen MR) is 72.3 cm³/mol. The molecule has 0 aliphatic carbocycles. The summed E-state index contributed by atoms with van der Waals surface area (Å²) in [6.45, 7) is 2.57. The molecule has 0 aromatic carbocycles. The molecule has 0 N–H and O–H groups in total. The maximum Gasteiger partial charge on any atom is 0.0622 e. The van der Waals surface area contributed by atoms with Crippen molar-refractivity contribution in [1.29, 1.82) is 5.26 Å². The van der Waals surface area contributed by atoms with Gasteiger partial charge in [-0.25, -0.2) is 0 Å². The third kappa shape index (κ3) is 8.49. The van der Waals surface area contributed by atoms with Crippen molar-refractivity contribution in [3.63, 3.8) is 0 Å². The SMILES string of the molecule is N#CCCCOCCCCCCC1CCCCO1. The Morgan fingerprint density at radius 1 is 1.06 bits per heavy atom. The molecule has 1 unspecified atom stereocenters. The van der Waals surface area contributed by atoms with E-state index in [0.717, 1.165) is 32.7 Å². The van der Waals surface area contributed by atoms with Crippen LogP contribution in [-0.2, 0) is 9.47 Å². The summed E-state index contributed by atoms with van der Waals surface area (Å²) in [5, 5.41) is 8.36. The second-order valence-electron chi connectivity index (χ2n) is 5.07. The molecule has 1 aliphatic rings. The summed E-state index contributed by atoms with van der Waals surface area (Å²) < 4.78 is 11.2. The molecule has 1 atom stereocenters. The van der Waals surface area contributed by atoms with Gasteiger partial charge in [-0.1, -0.05) is 19.3 Å². The fourth-order valence-corrected chi connectivity index (χ4v) is 2.32. The number of unbranched alkanes of at least 4 members (excludes halogenated alkanes) is 4. The maximum atomic E-state index is 8.36. The molecular formula is C15H27NO2. The van der Waals surface area contributed by atoms with E-state index in [0.29, 0.717) is 12.5 Å². The highest BCUT2D eigenvalue weighted by Crippen LogP contribution is 2.18. The molecule has 3 heteroatoms. The van der Waals surface area contributed by atoms with Gasteiger partial charge in [-0.2, -0.15) is 5.26 Å². The van der Waals surface area contributed by atoms with E-state index >= 15 is 0 Å². The summed E-state index contributed by atoms with van der Waals surface area (Å²) in [5.74, 6) is 0. The summed E-state index contributed by atoms with van der Waals surface area (Å²) in [4.78, 5) is 0. The van der Waals surface area contributed by atoms with E-state index in [9.17, 15) is 0 Å². The van der Waals surface area contributed by atoms with Crippen LogP contribution in [0.4, 0.5) is 0 Å². The van der Waals surface area contributed by atoms with Crippen LogP contribution in [0.5, 0.6) is 0 Å². The van der Waals surface area contributed by atoms with E-state index in [1.54, 1.807) is 0 Å². The molecule has 0 aromatic heterocycles. The molecule has 0 aromatic rings. The first-order valence-electron chi connectivity index (χ1n) is 7.50. The largest absolute Gasteiger partial charge is 0.381 e. The molecule has 0 amide bonds. The standard InChI is InChI=1S/C15H27NO2/c16-11-5-8-13-17-12-6-2-1-3-9-15-10-4-7-14-18-15/h15H,1-10,12-14H2. The van der Waals surface area contributed by atoms with Gasteiger partial charge in [-0.15, -0.1) is 0 Å². The van der Waals surface area contributed by atoms with Gasteiger partial charge in [0, 0.05) is 26.2 Å². The maximum absolute atomic E-state index is 8.36. The van der Waals surface area contributed by atoms with Crippen LogP contribution >= 0.6 is 0 Å². The molecule has 0 radical (unpaired) electrons. The molecule has 3 nitrogen and oxygen atoms in total. The molecular weight excluding hydrogens is 226 g/mol. The van der Waals surface area contributed by atoms with Crippen molar-refractivity contribution >= 4 is 0 Å². The molecule has 1 fully saturated rings. The molecule has 0 saturated carbocycles. The zero-order valence-corrected chi connectivity index (χ0v) is 11.5. The van der Waals surface area contributed by atoms with Crippen molar-refractivity contribution in [2.24, 2.45) is 0 Å². The van der Waals surface area contributed by atoms with Crippen molar-refractivity contribution in [2.45, 2.75) is 70.3 Å². The van der Waals surface area contributed by atoms with Crippen LogP contribution in [-0.4, -0.2) is 25.9 Å². The predicted octanol–water partition coefficient (Wildman–Crippen LogP) is 3.83. The quantitative estimate of drug-likeness (QED) is 0.556. The van der Waals surface area contributed by atoms with Crippen LogP contribution in [0.1, 0.15) is 64.2 Å². The van der Waals surface area contributed by atoms with E-state index in [2.05, 4.69) is 6.07 Å². The van der Waals surface area contributed by atoms with Gasteiger partial charge >= 0.3 is 0 Å². The second-order valence-corrected chi connectivity index (χ2v) is 5.07. The number of nitriles is 1. The molecule has 0 bridgehead atoms. The van der Waals surface area contributed by atoms with E-state index < -0.39 is 0 Å². The average Bonchev–Trinajstić information content (AvgIpc) is 2.42. The Bertz CT molecular complexity index is 219. The summed E-state index contributed by atoms with van der Waals surface area (Å²) in [6.07, 6.45) is 12.1. The van der Waals surface area contributed by atoms with Gasteiger partial charge in [-0.05, 0) is 38.5 Å². The first kappa shape index (κ1) is 15.5. The Labute approximate surface area is 111 Å². The van der Waals surface area contributed by atoms with Gasteiger partial charge < -0.3 is 9.47 Å². The van der Waals surface area contributed by atoms with Crippen LogP contribution in [0.2, 0.25) is 0 Å². The van der Waals surface area contributed by atoms with Crippen molar-refractivity contribution < 1.29 is 9.47 Å². The lowest BCUT2D eigenvalue weighted by Gasteiger charge is -2.22. The van der Waals surface area contributed by atoms with Crippen molar-refractivity contribution in [3.8, 4) is 6.07 Å². The Morgan fingerprint density at radius 2 is 1.89 bits per heavy atom. The zero-order valence-electron chi connectivity index (χ0n) is 11.5. The van der Waals surface area contributed by atoms with E-state index in [1.165, 1.54) is 44.9 Å². The van der Waals surface area contributed by atoms with Crippen molar-refractivity contribution in [3.05, 3.63) is 0 Å². The molecule has 0 spiro atoms. The van der Waals surface area contributed by atoms with E-state index in [1.807, 2.05) is 0 Å². The lowest BCUT2D eigenvalue weighted by molar-refractivity contribution is 0.00969.